The molecule has 29 heavy (non-hydrogen) atoms. The van der Waals surface area contributed by atoms with Gasteiger partial charge in [-0.05, 0) is 47.5 Å². The molecule has 0 aliphatic heterocycles. The lowest BCUT2D eigenvalue weighted by Gasteiger charge is -2.15. The zero-order chi connectivity index (χ0) is 20.4. The summed E-state index contributed by atoms with van der Waals surface area (Å²) in [6, 6.07) is 24.6. The van der Waals surface area contributed by atoms with Crippen LogP contribution in [-0.2, 0) is 9.84 Å². The molecule has 0 atom stereocenters. The van der Waals surface area contributed by atoms with Crippen LogP contribution in [0.15, 0.2) is 107 Å². The predicted octanol–water partition coefficient (Wildman–Crippen LogP) is 6.13. The van der Waals surface area contributed by atoms with Crippen molar-refractivity contribution in [1.29, 1.82) is 0 Å². The smallest absolute Gasteiger partial charge is 0.207 e. The van der Waals surface area contributed by atoms with Crippen molar-refractivity contribution in [2.24, 2.45) is 0 Å². The first-order valence-corrected chi connectivity index (χ1v) is 10.4. The molecular weight excluding hydrogens is 390 g/mol. The fraction of sp³-hybridized carbons (Fsp3) is 0. The van der Waals surface area contributed by atoms with Crippen LogP contribution in [0.3, 0.4) is 0 Å². The van der Waals surface area contributed by atoms with Crippen molar-refractivity contribution in [2.45, 2.75) is 9.79 Å². The van der Waals surface area contributed by atoms with E-state index in [2.05, 4.69) is 0 Å². The Hall–Kier alpha value is -3.31. The van der Waals surface area contributed by atoms with Crippen molar-refractivity contribution < 1.29 is 17.2 Å². The van der Waals surface area contributed by atoms with Crippen molar-refractivity contribution in [3.05, 3.63) is 109 Å². The van der Waals surface area contributed by atoms with Crippen LogP contribution in [0.4, 0.5) is 8.78 Å². The maximum absolute atomic E-state index is 14.0. The largest absolute Gasteiger partial charge is 0.218 e. The van der Waals surface area contributed by atoms with Gasteiger partial charge in [0.2, 0.25) is 9.84 Å². The molecule has 0 spiro atoms. The first kappa shape index (κ1) is 19.0. The van der Waals surface area contributed by atoms with E-state index in [-0.39, 0.29) is 20.9 Å². The molecule has 144 valence electrons. The topological polar surface area (TPSA) is 34.1 Å². The van der Waals surface area contributed by atoms with Gasteiger partial charge in [0.15, 0.2) is 0 Å². The van der Waals surface area contributed by atoms with Crippen LogP contribution < -0.4 is 0 Å². The summed E-state index contributed by atoms with van der Waals surface area (Å²) in [7, 11) is -4.06. The minimum Gasteiger partial charge on any atom is -0.218 e. The Morgan fingerprint density at radius 1 is 0.517 bits per heavy atom. The second kappa shape index (κ2) is 7.60. The summed E-state index contributed by atoms with van der Waals surface area (Å²) in [4.78, 5) is -0.0669. The van der Waals surface area contributed by atoms with Crippen molar-refractivity contribution in [3.8, 4) is 22.3 Å². The normalized spacial score (nSPS) is 11.4. The summed E-state index contributed by atoms with van der Waals surface area (Å²) >= 11 is 0. The minimum atomic E-state index is -4.06. The first-order valence-electron chi connectivity index (χ1n) is 8.92. The third kappa shape index (κ3) is 3.69. The maximum Gasteiger partial charge on any atom is 0.207 e. The van der Waals surface area contributed by atoms with E-state index in [1.54, 1.807) is 60.7 Å². The summed E-state index contributed by atoms with van der Waals surface area (Å²) in [6.07, 6.45) is 0. The molecule has 0 radical (unpaired) electrons. The molecule has 5 heteroatoms. The third-order valence-electron chi connectivity index (χ3n) is 4.63. The van der Waals surface area contributed by atoms with Gasteiger partial charge in [-0.15, -0.1) is 0 Å². The Labute approximate surface area is 168 Å². The van der Waals surface area contributed by atoms with Gasteiger partial charge in [-0.3, -0.25) is 0 Å². The van der Waals surface area contributed by atoms with Crippen LogP contribution in [-0.4, -0.2) is 8.42 Å². The molecule has 0 aromatic heterocycles. The average molecular weight is 406 g/mol. The molecule has 4 aromatic carbocycles. The SMILES string of the molecule is O=S(=O)(c1ccc(F)cc1-c1ccccc1)c1ccc(F)cc1-c1ccccc1. The molecule has 0 fully saturated rings. The van der Waals surface area contributed by atoms with Gasteiger partial charge in [0.05, 0.1) is 9.79 Å². The fourth-order valence-electron chi connectivity index (χ4n) is 3.28. The molecule has 0 aliphatic carbocycles. The van der Waals surface area contributed by atoms with E-state index < -0.39 is 21.5 Å². The molecule has 2 nitrogen and oxygen atoms in total. The average Bonchev–Trinajstić information content (AvgIpc) is 2.74. The van der Waals surface area contributed by atoms with E-state index in [0.29, 0.717) is 11.1 Å². The number of rotatable bonds is 4. The van der Waals surface area contributed by atoms with E-state index in [1.165, 1.54) is 24.3 Å². The van der Waals surface area contributed by atoms with Gasteiger partial charge in [-0.25, -0.2) is 17.2 Å². The molecule has 0 bridgehead atoms. The highest BCUT2D eigenvalue weighted by atomic mass is 32.2. The van der Waals surface area contributed by atoms with Crippen LogP contribution >= 0.6 is 0 Å². The standard InChI is InChI=1S/C24H16F2O2S/c25-19-11-13-23(21(15-19)17-7-3-1-4-8-17)29(27,28)24-14-12-20(26)16-22(24)18-9-5-2-6-10-18/h1-16H. The summed E-state index contributed by atoms with van der Waals surface area (Å²) in [5.74, 6) is -1.07. The van der Waals surface area contributed by atoms with Gasteiger partial charge < -0.3 is 0 Å². The highest BCUT2D eigenvalue weighted by Crippen LogP contribution is 2.36. The highest BCUT2D eigenvalue weighted by Gasteiger charge is 2.26. The Kier molecular flexibility index (Phi) is 4.99. The first-order chi connectivity index (χ1) is 14.0. The second-order valence-corrected chi connectivity index (χ2v) is 8.40. The quantitative estimate of drug-likeness (QED) is 0.382. The summed E-state index contributed by atoms with van der Waals surface area (Å²) < 4.78 is 55.2. The van der Waals surface area contributed by atoms with Crippen LogP contribution in [0.5, 0.6) is 0 Å². The van der Waals surface area contributed by atoms with E-state index in [9.17, 15) is 17.2 Å². The molecule has 0 heterocycles. The lowest BCUT2D eigenvalue weighted by Crippen LogP contribution is -2.07. The van der Waals surface area contributed by atoms with E-state index in [1.807, 2.05) is 0 Å². The van der Waals surface area contributed by atoms with Crippen molar-refractivity contribution in [2.75, 3.05) is 0 Å². The van der Waals surface area contributed by atoms with Crippen LogP contribution in [0.1, 0.15) is 0 Å². The molecule has 0 amide bonds. The lowest BCUT2D eigenvalue weighted by molar-refractivity contribution is 0.594. The van der Waals surface area contributed by atoms with Gasteiger partial charge in [0, 0.05) is 11.1 Å². The number of hydrogen-bond acceptors (Lipinski definition) is 2. The monoisotopic (exact) mass is 406 g/mol. The Bertz CT molecular complexity index is 1170. The Morgan fingerprint density at radius 2 is 0.897 bits per heavy atom. The molecule has 0 aliphatic rings. The molecule has 4 aromatic rings. The fourth-order valence-corrected chi connectivity index (χ4v) is 4.94. The lowest BCUT2D eigenvalue weighted by atomic mass is 10.1. The molecular formula is C24H16F2O2S. The highest BCUT2D eigenvalue weighted by molar-refractivity contribution is 7.91. The minimum absolute atomic E-state index is 0.0334. The van der Waals surface area contributed by atoms with E-state index >= 15 is 0 Å². The van der Waals surface area contributed by atoms with Crippen LogP contribution in [0, 0.1) is 11.6 Å². The number of benzene rings is 4. The van der Waals surface area contributed by atoms with Crippen LogP contribution in [0.2, 0.25) is 0 Å². The van der Waals surface area contributed by atoms with Gasteiger partial charge in [-0.1, -0.05) is 60.7 Å². The van der Waals surface area contributed by atoms with E-state index in [0.717, 1.165) is 12.1 Å². The van der Waals surface area contributed by atoms with Gasteiger partial charge in [0.1, 0.15) is 11.6 Å². The maximum atomic E-state index is 14.0. The van der Waals surface area contributed by atoms with E-state index in [4.69, 9.17) is 0 Å². The zero-order valence-electron chi connectivity index (χ0n) is 15.2. The van der Waals surface area contributed by atoms with Gasteiger partial charge in [-0.2, -0.15) is 0 Å². The zero-order valence-corrected chi connectivity index (χ0v) is 16.0. The molecule has 0 saturated heterocycles. The Balaban J connectivity index is 1.97. The summed E-state index contributed by atoms with van der Waals surface area (Å²) in [6.45, 7) is 0. The van der Waals surface area contributed by atoms with Crippen LogP contribution in [0.25, 0.3) is 22.3 Å². The predicted molar refractivity (Wildman–Crippen MR) is 109 cm³/mol. The number of hydrogen-bond donors (Lipinski definition) is 0. The molecule has 0 N–H and O–H groups in total. The van der Waals surface area contributed by atoms with Crippen molar-refractivity contribution >= 4 is 9.84 Å². The molecule has 4 rings (SSSR count). The summed E-state index contributed by atoms with van der Waals surface area (Å²) in [5.41, 5.74) is 1.67. The van der Waals surface area contributed by atoms with Crippen molar-refractivity contribution in [3.63, 3.8) is 0 Å². The second-order valence-electron chi connectivity index (χ2n) is 6.52. The summed E-state index contributed by atoms with van der Waals surface area (Å²) in [5, 5.41) is 0. The van der Waals surface area contributed by atoms with Crippen molar-refractivity contribution in [1.82, 2.24) is 0 Å². The van der Waals surface area contributed by atoms with Gasteiger partial charge in [0.25, 0.3) is 0 Å². The number of halogens is 2. The molecule has 0 unspecified atom stereocenters. The third-order valence-corrected chi connectivity index (χ3v) is 6.50. The van der Waals surface area contributed by atoms with Gasteiger partial charge >= 0.3 is 0 Å². The number of sulfone groups is 1. The molecule has 0 saturated carbocycles. The Morgan fingerprint density at radius 3 is 1.28 bits per heavy atom.